The van der Waals surface area contributed by atoms with Gasteiger partial charge in [-0.2, -0.15) is 0 Å². The molecule has 1 aliphatic carbocycles. The molecule has 1 aliphatic heterocycles. The molecule has 1 heterocycles. The molecular weight excluding hydrogens is 248 g/mol. The average molecular weight is 274 g/mol. The molecular formula is C17H26N2O. The molecule has 1 saturated carbocycles. The van der Waals surface area contributed by atoms with Crippen molar-refractivity contribution in [1.29, 1.82) is 0 Å². The van der Waals surface area contributed by atoms with Gasteiger partial charge in [0.05, 0.1) is 6.10 Å². The summed E-state index contributed by atoms with van der Waals surface area (Å²) in [5.74, 6) is 2.54. The normalized spacial score (nSPS) is 29.9. The van der Waals surface area contributed by atoms with Gasteiger partial charge in [0.1, 0.15) is 5.75 Å². The van der Waals surface area contributed by atoms with Crippen LogP contribution in [0.5, 0.6) is 5.75 Å². The summed E-state index contributed by atoms with van der Waals surface area (Å²) in [5, 5.41) is 0. The van der Waals surface area contributed by atoms with Crippen LogP contribution in [0.4, 0.5) is 0 Å². The van der Waals surface area contributed by atoms with Crippen LogP contribution < -0.4 is 10.5 Å². The van der Waals surface area contributed by atoms with Gasteiger partial charge in [0.25, 0.3) is 0 Å². The van der Waals surface area contributed by atoms with Crippen molar-refractivity contribution in [2.24, 2.45) is 17.6 Å². The number of nitrogens with zero attached hydrogens (tertiary/aromatic N) is 1. The smallest absolute Gasteiger partial charge is 0.119 e. The Morgan fingerprint density at radius 2 is 1.95 bits per heavy atom. The van der Waals surface area contributed by atoms with E-state index in [0.29, 0.717) is 6.04 Å². The fourth-order valence-electron chi connectivity index (χ4n) is 3.73. The summed E-state index contributed by atoms with van der Waals surface area (Å²) in [6.07, 6.45) is 2.79. The van der Waals surface area contributed by atoms with Crippen molar-refractivity contribution in [3.63, 3.8) is 0 Å². The Labute approximate surface area is 122 Å². The standard InChI is InChI=1S/C17H26N2O/c1-12(2)20-15-6-3-13(4-7-15)9-19-10-14-5-8-17(18)16(14)11-19/h3-4,6-7,12,14,16-17H,5,8-11,18H2,1-2H3. The summed E-state index contributed by atoms with van der Waals surface area (Å²) < 4.78 is 5.68. The first-order valence-electron chi connectivity index (χ1n) is 7.85. The maximum absolute atomic E-state index is 6.20. The second-order valence-corrected chi connectivity index (χ2v) is 6.67. The van der Waals surface area contributed by atoms with Gasteiger partial charge in [0.2, 0.25) is 0 Å². The van der Waals surface area contributed by atoms with E-state index in [0.717, 1.165) is 24.1 Å². The fraction of sp³-hybridized carbons (Fsp3) is 0.647. The highest BCUT2D eigenvalue weighted by molar-refractivity contribution is 5.27. The van der Waals surface area contributed by atoms with Crippen molar-refractivity contribution in [3.05, 3.63) is 29.8 Å². The maximum atomic E-state index is 6.20. The fourth-order valence-corrected chi connectivity index (χ4v) is 3.73. The van der Waals surface area contributed by atoms with E-state index < -0.39 is 0 Å². The summed E-state index contributed by atoms with van der Waals surface area (Å²) >= 11 is 0. The second kappa shape index (κ2) is 5.74. The monoisotopic (exact) mass is 274 g/mol. The highest BCUT2D eigenvalue weighted by Gasteiger charge is 2.40. The highest BCUT2D eigenvalue weighted by atomic mass is 16.5. The van der Waals surface area contributed by atoms with Crippen molar-refractivity contribution in [2.45, 2.75) is 45.4 Å². The molecule has 0 radical (unpaired) electrons. The van der Waals surface area contributed by atoms with Gasteiger partial charge in [-0.25, -0.2) is 0 Å². The van der Waals surface area contributed by atoms with Crippen LogP contribution in [-0.4, -0.2) is 30.1 Å². The molecule has 0 bridgehead atoms. The van der Waals surface area contributed by atoms with E-state index >= 15 is 0 Å². The van der Waals surface area contributed by atoms with E-state index in [1.807, 2.05) is 0 Å². The molecule has 0 spiro atoms. The lowest BCUT2D eigenvalue weighted by Gasteiger charge is -2.18. The number of ether oxygens (including phenoxy) is 1. The van der Waals surface area contributed by atoms with Crippen molar-refractivity contribution < 1.29 is 4.74 Å². The minimum Gasteiger partial charge on any atom is -0.491 e. The minimum absolute atomic E-state index is 0.236. The van der Waals surface area contributed by atoms with Gasteiger partial charge in [-0.3, -0.25) is 4.90 Å². The summed E-state index contributed by atoms with van der Waals surface area (Å²) in [6, 6.07) is 8.97. The Bertz CT molecular complexity index is 443. The second-order valence-electron chi connectivity index (χ2n) is 6.67. The quantitative estimate of drug-likeness (QED) is 0.917. The third-order valence-electron chi connectivity index (χ3n) is 4.69. The minimum atomic E-state index is 0.236. The van der Waals surface area contributed by atoms with Crippen LogP contribution in [0.2, 0.25) is 0 Å². The van der Waals surface area contributed by atoms with Crippen molar-refractivity contribution in [2.75, 3.05) is 13.1 Å². The predicted octanol–water partition coefficient (Wildman–Crippen LogP) is 2.64. The first-order valence-corrected chi connectivity index (χ1v) is 7.85. The zero-order chi connectivity index (χ0) is 14.1. The Morgan fingerprint density at radius 1 is 1.20 bits per heavy atom. The van der Waals surface area contributed by atoms with Gasteiger partial charge in [0.15, 0.2) is 0 Å². The molecule has 3 heteroatoms. The molecule has 110 valence electrons. The van der Waals surface area contributed by atoms with E-state index in [-0.39, 0.29) is 6.10 Å². The van der Waals surface area contributed by atoms with Gasteiger partial charge in [-0.1, -0.05) is 12.1 Å². The maximum Gasteiger partial charge on any atom is 0.119 e. The molecule has 2 aliphatic rings. The van der Waals surface area contributed by atoms with Crippen LogP contribution >= 0.6 is 0 Å². The summed E-state index contributed by atoms with van der Waals surface area (Å²) in [5.41, 5.74) is 7.57. The van der Waals surface area contributed by atoms with Crippen LogP contribution in [0.15, 0.2) is 24.3 Å². The number of benzene rings is 1. The Hall–Kier alpha value is -1.06. The number of fused-ring (bicyclic) bond motifs is 1. The van der Waals surface area contributed by atoms with E-state index in [9.17, 15) is 0 Å². The zero-order valence-corrected chi connectivity index (χ0v) is 12.6. The van der Waals surface area contributed by atoms with E-state index in [1.54, 1.807) is 0 Å². The van der Waals surface area contributed by atoms with Crippen LogP contribution in [0.3, 0.4) is 0 Å². The molecule has 2 N–H and O–H groups in total. The molecule has 1 saturated heterocycles. The molecule has 0 aromatic heterocycles. The molecule has 3 rings (SSSR count). The molecule has 3 nitrogen and oxygen atoms in total. The third kappa shape index (κ3) is 2.99. The highest BCUT2D eigenvalue weighted by Crippen LogP contribution is 2.37. The summed E-state index contributed by atoms with van der Waals surface area (Å²) in [6.45, 7) is 7.56. The predicted molar refractivity (Wildman–Crippen MR) is 81.7 cm³/mol. The van der Waals surface area contributed by atoms with E-state index in [1.165, 1.54) is 31.5 Å². The van der Waals surface area contributed by atoms with Crippen molar-refractivity contribution >= 4 is 0 Å². The van der Waals surface area contributed by atoms with Crippen LogP contribution in [0, 0.1) is 11.8 Å². The SMILES string of the molecule is CC(C)Oc1ccc(CN2CC3CCC(N)C3C2)cc1. The number of hydrogen-bond acceptors (Lipinski definition) is 3. The topological polar surface area (TPSA) is 38.5 Å². The van der Waals surface area contributed by atoms with Crippen LogP contribution in [-0.2, 0) is 6.54 Å². The Kier molecular flexibility index (Phi) is 3.99. The number of likely N-dealkylation sites (tertiary alicyclic amines) is 1. The first kappa shape index (κ1) is 13.9. The zero-order valence-electron chi connectivity index (χ0n) is 12.6. The number of rotatable bonds is 4. The van der Waals surface area contributed by atoms with Crippen LogP contribution in [0.1, 0.15) is 32.3 Å². The molecule has 3 atom stereocenters. The lowest BCUT2D eigenvalue weighted by Crippen LogP contribution is -2.30. The Balaban J connectivity index is 1.56. The van der Waals surface area contributed by atoms with Gasteiger partial charge < -0.3 is 10.5 Å². The largest absolute Gasteiger partial charge is 0.491 e. The number of nitrogens with two attached hydrogens (primary N) is 1. The average Bonchev–Trinajstić information content (AvgIpc) is 2.94. The molecule has 3 unspecified atom stereocenters. The van der Waals surface area contributed by atoms with Gasteiger partial charge in [-0.05, 0) is 56.2 Å². The van der Waals surface area contributed by atoms with Gasteiger partial charge >= 0.3 is 0 Å². The van der Waals surface area contributed by atoms with Crippen LogP contribution in [0.25, 0.3) is 0 Å². The molecule has 1 aromatic carbocycles. The summed E-state index contributed by atoms with van der Waals surface area (Å²) in [7, 11) is 0. The van der Waals surface area contributed by atoms with E-state index in [4.69, 9.17) is 10.5 Å². The summed E-state index contributed by atoms with van der Waals surface area (Å²) in [4.78, 5) is 2.56. The van der Waals surface area contributed by atoms with E-state index in [2.05, 4.69) is 43.0 Å². The molecule has 0 amide bonds. The third-order valence-corrected chi connectivity index (χ3v) is 4.69. The van der Waals surface area contributed by atoms with Gasteiger partial charge in [-0.15, -0.1) is 0 Å². The van der Waals surface area contributed by atoms with Gasteiger partial charge in [0, 0.05) is 25.7 Å². The van der Waals surface area contributed by atoms with Crippen molar-refractivity contribution in [1.82, 2.24) is 4.90 Å². The lowest BCUT2D eigenvalue weighted by molar-refractivity contribution is 0.242. The Morgan fingerprint density at radius 3 is 2.60 bits per heavy atom. The number of hydrogen-bond donors (Lipinski definition) is 1. The lowest BCUT2D eigenvalue weighted by atomic mass is 9.98. The molecule has 1 aromatic rings. The molecule has 20 heavy (non-hydrogen) atoms. The first-order chi connectivity index (χ1) is 9.61. The molecule has 2 fully saturated rings. The van der Waals surface area contributed by atoms with Crippen molar-refractivity contribution in [3.8, 4) is 5.75 Å².